The van der Waals surface area contributed by atoms with Gasteiger partial charge in [-0.05, 0) is 75.6 Å². The number of fused-ring (bicyclic) bond motifs is 5. The molecule has 0 amide bonds. The Labute approximate surface area is 267 Å². The summed E-state index contributed by atoms with van der Waals surface area (Å²) in [5, 5.41) is 3.33. The molecule has 1 radical (unpaired) electrons. The van der Waals surface area contributed by atoms with Crippen LogP contribution in [0.1, 0.15) is 41.0 Å². The number of pyridine rings is 2. The van der Waals surface area contributed by atoms with E-state index in [0.29, 0.717) is 0 Å². The molecule has 0 saturated carbocycles. The summed E-state index contributed by atoms with van der Waals surface area (Å²) >= 11 is 1.79. The molecule has 0 fully saturated rings. The predicted molar refractivity (Wildman–Crippen MR) is 173 cm³/mol. The maximum atomic E-state index is 7.77. The summed E-state index contributed by atoms with van der Waals surface area (Å²) in [6.45, 7) is 10.8. The molecule has 5 heteroatoms. The van der Waals surface area contributed by atoms with E-state index in [4.69, 9.17) is 7.16 Å². The van der Waals surface area contributed by atoms with Crippen LogP contribution in [0.15, 0.2) is 71.4 Å². The van der Waals surface area contributed by atoms with E-state index in [9.17, 15) is 0 Å². The predicted octanol–water partition coefficient (Wildman–Crippen LogP) is 10.4. The monoisotopic (exact) mass is 747 g/mol. The van der Waals surface area contributed by atoms with Crippen molar-refractivity contribution in [3.05, 3.63) is 117 Å². The Balaban J connectivity index is 0.000000204. The van der Waals surface area contributed by atoms with Crippen LogP contribution in [0.2, 0.25) is 0 Å². The van der Waals surface area contributed by atoms with Crippen LogP contribution in [-0.4, -0.2) is 9.97 Å². The minimum absolute atomic E-state index is 0. The van der Waals surface area contributed by atoms with Crippen molar-refractivity contribution in [2.45, 2.75) is 48.4 Å². The average molecular weight is 747 g/mol. The summed E-state index contributed by atoms with van der Waals surface area (Å²) in [5.41, 5.74) is 11.9. The quantitative estimate of drug-likeness (QED) is 0.165. The second-order valence-electron chi connectivity index (χ2n) is 10.6. The van der Waals surface area contributed by atoms with Crippen molar-refractivity contribution in [1.82, 2.24) is 9.97 Å². The topological polar surface area (TPSA) is 38.9 Å². The molecular formula is C37H32IrN2OS-2. The number of aryl methyl sites for hydroxylation is 7. The molecule has 0 bridgehead atoms. The standard InChI is InChI=1S/C23H18NOS.C14H14N.Ir/c1-12-10-19(24-11-13(12)2)18-7-5-6-16-17-8-9-20-21(14(3)15(4)26-20)23(17)25-22(16)18;1-10-4-6-13(7-5-10)14-8-11(2)12(3)9-15-14;/h5-6,8-11H,1-4H3;4-6,8-9H,1-3H3;/q2*-1;/i1D,2D;;. The van der Waals surface area contributed by atoms with E-state index in [2.05, 4.69) is 87.1 Å². The smallest absolute Gasteiger partial charge is 0.129 e. The van der Waals surface area contributed by atoms with Gasteiger partial charge in [0.05, 0.1) is 5.58 Å². The fraction of sp³-hybridized carbons (Fsp3) is 0.189. The van der Waals surface area contributed by atoms with E-state index >= 15 is 0 Å². The molecule has 3 nitrogen and oxygen atoms in total. The van der Waals surface area contributed by atoms with Gasteiger partial charge in [-0.3, -0.25) is 0 Å². The van der Waals surface area contributed by atoms with Gasteiger partial charge in [-0.15, -0.1) is 64.9 Å². The van der Waals surface area contributed by atoms with Crippen molar-refractivity contribution < 1.29 is 27.3 Å². The van der Waals surface area contributed by atoms with E-state index < -0.39 is 0 Å². The van der Waals surface area contributed by atoms with E-state index in [1.807, 2.05) is 30.5 Å². The first-order valence-electron chi connectivity index (χ1n) is 14.9. The third kappa shape index (κ3) is 5.45. The summed E-state index contributed by atoms with van der Waals surface area (Å²) in [6, 6.07) is 24.9. The van der Waals surface area contributed by atoms with Crippen molar-refractivity contribution in [1.29, 1.82) is 0 Å². The van der Waals surface area contributed by atoms with Crippen LogP contribution >= 0.6 is 11.3 Å². The Morgan fingerprint density at radius 2 is 1.50 bits per heavy atom. The summed E-state index contributed by atoms with van der Waals surface area (Å²) in [6.07, 6.45) is 3.62. The first-order valence-corrected chi connectivity index (χ1v) is 14.3. The Kier molecular flexibility index (Phi) is 7.73. The maximum Gasteiger partial charge on any atom is 0.129 e. The molecule has 0 aliphatic heterocycles. The average Bonchev–Trinajstić information content (AvgIpc) is 3.55. The first kappa shape index (κ1) is 27.2. The molecule has 0 unspecified atom stereocenters. The van der Waals surface area contributed by atoms with Gasteiger partial charge in [0.1, 0.15) is 5.58 Å². The van der Waals surface area contributed by atoms with E-state index in [1.165, 1.54) is 37.2 Å². The number of thiophene rings is 1. The van der Waals surface area contributed by atoms with Crippen molar-refractivity contribution in [2.24, 2.45) is 0 Å². The minimum Gasteiger partial charge on any atom is -0.500 e. The van der Waals surface area contributed by atoms with Gasteiger partial charge < -0.3 is 14.4 Å². The molecule has 0 saturated heterocycles. The molecule has 7 rings (SSSR count). The third-order valence-corrected chi connectivity index (χ3v) is 8.86. The minimum atomic E-state index is 0. The zero-order valence-electron chi connectivity index (χ0n) is 26.3. The van der Waals surface area contributed by atoms with Crippen molar-refractivity contribution in [3.63, 3.8) is 0 Å². The summed E-state index contributed by atoms with van der Waals surface area (Å²) < 4.78 is 23.1. The van der Waals surface area contributed by atoms with Gasteiger partial charge in [-0.2, -0.15) is 0 Å². The fourth-order valence-corrected chi connectivity index (χ4v) is 6.00. The number of benzene rings is 3. The molecule has 4 heterocycles. The van der Waals surface area contributed by atoms with Gasteiger partial charge in [0.2, 0.25) is 0 Å². The first-order chi connectivity index (χ1) is 20.8. The molecule has 0 aliphatic rings. The van der Waals surface area contributed by atoms with Crippen LogP contribution in [0.5, 0.6) is 0 Å². The number of aromatic nitrogens is 2. The Morgan fingerprint density at radius 1 is 0.762 bits per heavy atom. The normalized spacial score (nSPS) is 11.6. The zero-order chi connectivity index (χ0) is 30.2. The van der Waals surface area contributed by atoms with Gasteiger partial charge in [0, 0.05) is 55.6 Å². The van der Waals surface area contributed by atoms with Crippen LogP contribution in [0.4, 0.5) is 0 Å². The number of rotatable bonds is 2. The summed E-state index contributed by atoms with van der Waals surface area (Å²) in [7, 11) is 0. The molecule has 0 aliphatic carbocycles. The second kappa shape index (κ2) is 11.9. The fourth-order valence-electron chi connectivity index (χ4n) is 4.93. The van der Waals surface area contributed by atoms with Gasteiger partial charge >= 0.3 is 0 Å². The largest absolute Gasteiger partial charge is 0.500 e. The van der Waals surface area contributed by atoms with E-state index in [-0.39, 0.29) is 33.9 Å². The number of nitrogens with zero attached hydrogens (tertiary/aromatic N) is 2. The van der Waals surface area contributed by atoms with Crippen molar-refractivity contribution >= 4 is 43.4 Å². The van der Waals surface area contributed by atoms with Gasteiger partial charge in [-0.1, -0.05) is 47.2 Å². The maximum absolute atomic E-state index is 7.77. The molecule has 42 heavy (non-hydrogen) atoms. The molecular weight excluding hydrogens is 713 g/mol. The van der Waals surface area contributed by atoms with Gasteiger partial charge in [0.15, 0.2) is 0 Å². The second-order valence-corrected chi connectivity index (χ2v) is 11.8. The van der Waals surface area contributed by atoms with Crippen molar-refractivity contribution in [3.8, 4) is 22.5 Å². The number of furan rings is 1. The Hall–Kier alpha value is -3.63. The number of hydrogen-bond acceptors (Lipinski definition) is 4. The summed E-state index contributed by atoms with van der Waals surface area (Å²) in [5.74, 6) is 0. The van der Waals surface area contributed by atoms with Crippen molar-refractivity contribution in [2.75, 3.05) is 0 Å². The molecule has 0 spiro atoms. The molecule has 4 aromatic heterocycles. The van der Waals surface area contributed by atoms with Crippen LogP contribution in [0.25, 0.3) is 54.5 Å². The van der Waals surface area contributed by atoms with Gasteiger partial charge in [0.25, 0.3) is 0 Å². The zero-order valence-corrected chi connectivity index (χ0v) is 27.5. The molecule has 3 aromatic carbocycles. The SMILES string of the molecule is Cc1c[c-]c(-c2cc(C)c(C)cn2)cc1.[2H]Cc1cnc(-c2[c-]ccc3c2oc2c3ccc3sc(C)c(C)c32)cc1C[2H].[Ir]. The van der Waals surface area contributed by atoms with Gasteiger partial charge in [-0.25, -0.2) is 0 Å². The van der Waals surface area contributed by atoms with Crippen LogP contribution in [0.3, 0.4) is 0 Å². The number of hydrogen-bond donors (Lipinski definition) is 0. The van der Waals surface area contributed by atoms with E-state index in [1.54, 1.807) is 17.5 Å². The van der Waals surface area contributed by atoms with Crippen LogP contribution in [0, 0.1) is 60.6 Å². The van der Waals surface area contributed by atoms with Crippen LogP contribution < -0.4 is 0 Å². The Bertz CT molecular complexity index is 2120. The molecule has 0 atom stereocenters. The molecule has 0 N–H and O–H groups in total. The summed E-state index contributed by atoms with van der Waals surface area (Å²) in [4.78, 5) is 10.3. The molecule has 213 valence electrons. The van der Waals surface area contributed by atoms with Crippen LogP contribution in [-0.2, 0) is 20.1 Å². The third-order valence-electron chi connectivity index (χ3n) is 7.68. The van der Waals surface area contributed by atoms with E-state index in [0.717, 1.165) is 55.6 Å². The Morgan fingerprint density at radius 3 is 2.24 bits per heavy atom. The molecule has 7 aromatic rings.